The third kappa shape index (κ3) is 2.76. The van der Waals surface area contributed by atoms with Crippen LogP contribution in [0.15, 0.2) is 22.7 Å². The lowest BCUT2D eigenvalue weighted by molar-refractivity contribution is 0.131. The first-order chi connectivity index (χ1) is 6.15. The zero-order valence-corrected chi connectivity index (χ0v) is 8.46. The van der Waals surface area contributed by atoms with Gasteiger partial charge >= 0.3 is 0 Å². The average Bonchev–Trinajstić information content (AvgIpc) is 2.04. The smallest absolute Gasteiger partial charge is 0.130 e. The molecule has 0 aliphatic carbocycles. The van der Waals surface area contributed by atoms with Crippen molar-refractivity contribution in [3.8, 4) is 0 Å². The van der Waals surface area contributed by atoms with Crippen LogP contribution in [0.3, 0.4) is 0 Å². The summed E-state index contributed by atoms with van der Waals surface area (Å²) in [6.07, 6.45) is -0.781. The predicted molar refractivity (Wildman–Crippen MR) is 50.8 cm³/mol. The normalized spacial score (nSPS) is 12.9. The molecular formula is C9H10BrFO2. The highest BCUT2D eigenvalue weighted by Crippen LogP contribution is 2.22. The lowest BCUT2D eigenvalue weighted by atomic mass is 10.1. The minimum Gasteiger partial charge on any atom is -0.396 e. The van der Waals surface area contributed by atoms with E-state index in [1.807, 2.05) is 0 Å². The number of halogens is 2. The fraction of sp³-hybridized carbons (Fsp3) is 0.333. The van der Waals surface area contributed by atoms with Crippen molar-refractivity contribution in [1.82, 2.24) is 0 Å². The lowest BCUT2D eigenvalue weighted by Crippen LogP contribution is -2.02. The van der Waals surface area contributed by atoms with Gasteiger partial charge in [-0.1, -0.05) is 22.0 Å². The molecule has 0 bridgehead atoms. The molecular weight excluding hydrogens is 239 g/mol. The van der Waals surface area contributed by atoms with Gasteiger partial charge in [0.05, 0.1) is 6.10 Å². The maximum atomic E-state index is 13.2. The minimum atomic E-state index is -0.932. The summed E-state index contributed by atoms with van der Waals surface area (Å²) in [5.74, 6) is -0.463. The topological polar surface area (TPSA) is 40.5 Å². The quantitative estimate of drug-likeness (QED) is 0.860. The molecule has 2 N–H and O–H groups in total. The van der Waals surface area contributed by atoms with Crippen molar-refractivity contribution in [3.05, 3.63) is 34.1 Å². The van der Waals surface area contributed by atoms with E-state index in [1.165, 1.54) is 12.1 Å². The standard InChI is InChI=1S/C9H10BrFO2/c10-6-1-2-7(8(11)5-6)9(13)3-4-12/h1-2,5,9,12-13H,3-4H2. The number of hydrogen-bond acceptors (Lipinski definition) is 2. The van der Waals surface area contributed by atoms with Crippen LogP contribution < -0.4 is 0 Å². The molecule has 0 spiro atoms. The van der Waals surface area contributed by atoms with E-state index in [0.717, 1.165) is 0 Å². The van der Waals surface area contributed by atoms with Crippen LogP contribution in [0.25, 0.3) is 0 Å². The summed E-state index contributed by atoms with van der Waals surface area (Å²) in [6, 6.07) is 4.44. The number of aliphatic hydroxyl groups excluding tert-OH is 2. The van der Waals surface area contributed by atoms with E-state index in [2.05, 4.69) is 15.9 Å². The largest absolute Gasteiger partial charge is 0.396 e. The lowest BCUT2D eigenvalue weighted by Gasteiger charge is -2.10. The van der Waals surface area contributed by atoms with Crippen molar-refractivity contribution < 1.29 is 14.6 Å². The van der Waals surface area contributed by atoms with E-state index >= 15 is 0 Å². The SMILES string of the molecule is OCCC(O)c1ccc(Br)cc1F. The Hall–Kier alpha value is -0.450. The van der Waals surface area contributed by atoms with Crippen LogP contribution in [-0.4, -0.2) is 16.8 Å². The first-order valence-corrected chi connectivity index (χ1v) is 4.68. The minimum absolute atomic E-state index is 0.151. The Balaban J connectivity index is 2.88. The Morgan fingerprint density at radius 1 is 1.46 bits per heavy atom. The van der Waals surface area contributed by atoms with Crippen molar-refractivity contribution in [2.45, 2.75) is 12.5 Å². The molecule has 0 saturated heterocycles. The number of benzene rings is 1. The van der Waals surface area contributed by atoms with Crippen LogP contribution in [0.1, 0.15) is 18.1 Å². The van der Waals surface area contributed by atoms with Crippen molar-refractivity contribution in [3.63, 3.8) is 0 Å². The summed E-state index contributed by atoms with van der Waals surface area (Å²) in [5, 5.41) is 17.9. The summed E-state index contributed by atoms with van der Waals surface area (Å²) in [4.78, 5) is 0. The molecule has 0 fully saturated rings. The molecule has 2 nitrogen and oxygen atoms in total. The number of aliphatic hydroxyl groups is 2. The van der Waals surface area contributed by atoms with Gasteiger partial charge in [-0.15, -0.1) is 0 Å². The number of rotatable bonds is 3. The third-order valence-corrected chi connectivity index (χ3v) is 2.22. The monoisotopic (exact) mass is 248 g/mol. The Morgan fingerprint density at radius 3 is 2.69 bits per heavy atom. The van der Waals surface area contributed by atoms with Gasteiger partial charge in [0.2, 0.25) is 0 Å². The molecule has 0 aromatic heterocycles. The molecule has 0 aliphatic rings. The second-order valence-electron chi connectivity index (χ2n) is 2.69. The number of hydrogen-bond donors (Lipinski definition) is 2. The van der Waals surface area contributed by atoms with Crippen LogP contribution in [-0.2, 0) is 0 Å². The van der Waals surface area contributed by atoms with Crippen LogP contribution in [0.5, 0.6) is 0 Å². The Bertz CT molecular complexity index is 291. The molecule has 1 unspecified atom stereocenters. The van der Waals surface area contributed by atoms with Gasteiger partial charge in [0, 0.05) is 23.1 Å². The fourth-order valence-electron chi connectivity index (χ4n) is 1.05. The second-order valence-corrected chi connectivity index (χ2v) is 3.61. The van der Waals surface area contributed by atoms with Crippen LogP contribution in [0, 0.1) is 5.82 Å². The molecule has 1 atom stereocenters. The van der Waals surface area contributed by atoms with Crippen molar-refractivity contribution in [1.29, 1.82) is 0 Å². The summed E-state index contributed by atoms with van der Waals surface area (Å²) >= 11 is 3.11. The first kappa shape index (κ1) is 10.6. The predicted octanol–water partition coefficient (Wildman–Crippen LogP) is 2.00. The molecule has 0 radical (unpaired) electrons. The fourth-order valence-corrected chi connectivity index (χ4v) is 1.38. The first-order valence-electron chi connectivity index (χ1n) is 3.89. The Morgan fingerprint density at radius 2 is 2.15 bits per heavy atom. The zero-order valence-electron chi connectivity index (χ0n) is 6.87. The highest BCUT2D eigenvalue weighted by Gasteiger charge is 2.11. The van der Waals surface area contributed by atoms with E-state index < -0.39 is 11.9 Å². The molecule has 0 heterocycles. The van der Waals surface area contributed by atoms with Gasteiger partial charge in [-0.3, -0.25) is 0 Å². The highest BCUT2D eigenvalue weighted by molar-refractivity contribution is 9.10. The van der Waals surface area contributed by atoms with E-state index in [9.17, 15) is 9.50 Å². The van der Waals surface area contributed by atoms with E-state index in [1.54, 1.807) is 6.07 Å². The van der Waals surface area contributed by atoms with E-state index in [0.29, 0.717) is 4.47 Å². The van der Waals surface area contributed by atoms with Crippen LogP contribution in [0.4, 0.5) is 4.39 Å². The molecule has 13 heavy (non-hydrogen) atoms. The summed E-state index contributed by atoms with van der Waals surface area (Å²) < 4.78 is 13.8. The highest BCUT2D eigenvalue weighted by atomic mass is 79.9. The molecule has 0 saturated carbocycles. The van der Waals surface area contributed by atoms with Gasteiger partial charge in [-0.25, -0.2) is 4.39 Å². The van der Waals surface area contributed by atoms with Gasteiger partial charge < -0.3 is 10.2 Å². The van der Waals surface area contributed by atoms with E-state index in [-0.39, 0.29) is 18.6 Å². The summed E-state index contributed by atoms with van der Waals surface area (Å²) in [7, 11) is 0. The molecule has 0 amide bonds. The third-order valence-electron chi connectivity index (χ3n) is 1.72. The van der Waals surface area contributed by atoms with Crippen molar-refractivity contribution in [2.75, 3.05) is 6.61 Å². The molecule has 1 aromatic rings. The van der Waals surface area contributed by atoms with Crippen molar-refractivity contribution in [2.24, 2.45) is 0 Å². The van der Waals surface area contributed by atoms with Gasteiger partial charge in [-0.2, -0.15) is 0 Å². The van der Waals surface area contributed by atoms with Gasteiger partial charge in [0.25, 0.3) is 0 Å². The van der Waals surface area contributed by atoms with Gasteiger partial charge in [0.15, 0.2) is 0 Å². The Kier molecular flexibility index (Phi) is 3.84. The molecule has 0 aliphatic heterocycles. The van der Waals surface area contributed by atoms with Gasteiger partial charge in [-0.05, 0) is 12.1 Å². The van der Waals surface area contributed by atoms with Gasteiger partial charge in [0.1, 0.15) is 5.82 Å². The van der Waals surface area contributed by atoms with Crippen molar-refractivity contribution >= 4 is 15.9 Å². The second kappa shape index (κ2) is 4.69. The average molecular weight is 249 g/mol. The Labute approximate surface area is 84.1 Å². The maximum Gasteiger partial charge on any atom is 0.130 e. The molecule has 4 heteroatoms. The summed E-state index contributed by atoms with van der Waals surface area (Å²) in [6.45, 7) is -0.156. The van der Waals surface area contributed by atoms with E-state index in [4.69, 9.17) is 5.11 Å². The molecule has 1 rings (SSSR count). The van der Waals surface area contributed by atoms with Crippen LogP contribution >= 0.6 is 15.9 Å². The maximum absolute atomic E-state index is 13.2. The molecule has 1 aromatic carbocycles. The zero-order chi connectivity index (χ0) is 9.84. The van der Waals surface area contributed by atoms with Crippen LogP contribution in [0.2, 0.25) is 0 Å². The summed E-state index contributed by atoms with van der Waals surface area (Å²) in [5.41, 5.74) is 0.220. The molecule has 72 valence electrons.